The Morgan fingerprint density at radius 1 is 1.23 bits per heavy atom. The van der Waals surface area contributed by atoms with Crippen LogP contribution in [0.15, 0.2) is 36.5 Å². The first-order valence-electron chi connectivity index (χ1n) is 7.56. The number of ether oxygens (including phenoxy) is 1. The Bertz CT molecular complexity index is 710. The third-order valence-electron chi connectivity index (χ3n) is 4.53. The highest BCUT2D eigenvalue weighted by Crippen LogP contribution is 2.36. The number of hydrogen-bond donors (Lipinski definition) is 2. The van der Waals surface area contributed by atoms with E-state index in [1.165, 1.54) is 11.3 Å². The Kier molecular flexibility index (Phi) is 2.97. The summed E-state index contributed by atoms with van der Waals surface area (Å²) in [5, 5.41) is 6.91. The van der Waals surface area contributed by atoms with Gasteiger partial charge in [-0.05, 0) is 31.2 Å². The molecule has 0 atom stereocenters. The number of nitrogens with zero attached hydrogens (tertiary/aromatic N) is 2. The Balaban J connectivity index is 1.59. The smallest absolute Gasteiger partial charge is 0.135 e. The quantitative estimate of drug-likeness (QED) is 0.892. The summed E-state index contributed by atoms with van der Waals surface area (Å²) in [6, 6.07) is 10.5. The zero-order chi connectivity index (χ0) is 15.2. The van der Waals surface area contributed by atoms with Gasteiger partial charge in [-0.15, -0.1) is 0 Å². The molecule has 1 fully saturated rings. The van der Waals surface area contributed by atoms with Crippen LogP contribution in [0, 0.1) is 0 Å². The van der Waals surface area contributed by atoms with Gasteiger partial charge in [0.05, 0.1) is 17.0 Å². The molecule has 3 heterocycles. The van der Waals surface area contributed by atoms with Gasteiger partial charge in [0, 0.05) is 44.2 Å². The van der Waals surface area contributed by atoms with E-state index < -0.39 is 0 Å². The molecule has 1 saturated heterocycles. The molecule has 0 unspecified atom stereocenters. The second kappa shape index (κ2) is 4.88. The number of aromatic nitrogens is 1. The highest BCUT2D eigenvalue weighted by molar-refractivity contribution is 5.80. The number of methoxy groups -OCH3 is 1. The fraction of sp³-hybridized carbons (Fsp3) is 0.353. The first-order chi connectivity index (χ1) is 10.7. The maximum absolute atomic E-state index is 5.52. The Morgan fingerprint density at radius 2 is 2.09 bits per heavy atom. The average Bonchev–Trinajstić information content (AvgIpc) is 2.70. The van der Waals surface area contributed by atoms with E-state index in [1.807, 2.05) is 12.3 Å². The molecule has 114 valence electrons. The predicted molar refractivity (Wildman–Crippen MR) is 88.9 cm³/mol. The maximum Gasteiger partial charge on any atom is 0.135 e. The zero-order valence-corrected chi connectivity index (χ0v) is 12.9. The summed E-state index contributed by atoms with van der Waals surface area (Å²) in [4.78, 5) is 6.75. The summed E-state index contributed by atoms with van der Waals surface area (Å²) in [5.41, 5.74) is 4.56. The lowest BCUT2D eigenvalue weighted by Crippen LogP contribution is -2.61. The molecule has 2 aromatic rings. The van der Waals surface area contributed by atoms with E-state index in [-0.39, 0.29) is 5.60 Å². The van der Waals surface area contributed by atoms with E-state index in [0.29, 0.717) is 0 Å². The van der Waals surface area contributed by atoms with Gasteiger partial charge in [-0.3, -0.25) is 0 Å². The van der Waals surface area contributed by atoms with E-state index in [1.54, 1.807) is 7.11 Å². The summed E-state index contributed by atoms with van der Waals surface area (Å²) in [7, 11) is 1.78. The van der Waals surface area contributed by atoms with Crippen molar-refractivity contribution in [1.82, 2.24) is 4.98 Å². The van der Waals surface area contributed by atoms with Crippen molar-refractivity contribution in [3.63, 3.8) is 0 Å². The molecule has 5 heteroatoms. The minimum atomic E-state index is -0.0153. The predicted octanol–water partition coefficient (Wildman–Crippen LogP) is 2.98. The second-order valence-electron chi connectivity index (χ2n) is 6.23. The average molecular weight is 296 g/mol. The zero-order valence-electron chi connectivity index (χ0n) is 12.9. The SMILES string of the molecule is COC1(C)CN(c2ccc3c(c2)NCc2cccnc2N3)C1. The summed E-state index contributed by atoms with van der Waals surface area (Å²) < 4.78 is 5.52. The van der Waals surface area contributed by atoms with Crippen molar-refractivity contribution in [2.24, 2.45) is 0 Å². The van der Waals surface area contributed by atoms with Gasteiger partial charge in [-0.25, -0.2) is 4.98 Å². The molecule has 0 aliphatic carbocycles. The van der Waals surface area contributed by atoms with Crippen LogP contribution < -0.4 is 15.5 Å². The minimum Gasteiger partial charge on any atom is -0.379 e. The molecule has 0 spiro atoms. The highest BCUT2D eigenvalue weighted by Gasteiger charge is 2.39. The number of nitrogens with one attached hydrogen (secondary N) is 2. The molecule has 0 bridgehead atoms. The van der Waals surface area contributed by atoms with Crippen LogP contribution in [-0.2, 0) is 11.3 Å². The molecular formula is C17H20N4O. The molecule has 2 aliphatic heterocycles. The summed E-state index contributed by atoms with van der Waals surface area (Å²) in [6.45, 7) is 4.78. The van der Waals surface area contributed by atoms with Gasteiger partial charge in [0.2, 0.25) is 0 Å². The van der Waals surface area contributed by atoms with Crippen LogP contribution in [-0.4, -0.2) is 30.8 Å². The van der Waals surface area contributed by atoms with E-state index in [2.05, 4.69) is 51.7 Å². The molecular weight excluding hydrogens is 276 g/mol. The van der Waals surface area contributed by atoms with E-state index in [0.717, 1.165) is 36.8 Å². The molecule has 0 saturated carbocycles. The van der Waals surface area contributed by atoms with Crippen molar-refractivity contribution >= 4 is 22.9 Å². The molecule has 1 aromatic heterocycles. The van der Waals surface area contributed by atoms with Crippen LogP contribution in [0.4, 0.5) is 22.9 Å². The van der Waals surface area contributed by atoms with Gasteiger partial charge in [0.25, 0.3) is 0 Å². The van der Waals surface area contributed by atoms with Crippen molar-refractivity contribution in [1.29, 1.82) is 0 Å². The summed E-state index contributed by atoms with van der Waals surface area (Å²) in [5.74, 6) is 0.928. The van der Waals surface area contributed by atoms with Gasteiger partial charge in [-0.1, -0.05) is 6.07 Å². The standard InChI is InChI=1S/C17H20N4O/c1-17(22-2)10-21(11-17)13-5-6-14-15(8-13)19-9-12-4-3-7-18-16(12)20-14/h3-8,19H,9-11H2,1-2H3,(H,18,20). The number of rotatable bonds is 2. The van der Waals surface area contributed by atoms with Crippen molar-refractivity contribution in [2.45, 2.75) is 19.1 Å². The molecule has 2 aliphatic rings. The molecule has 2 N–H and O–H groups in total. The van der Waals surface area contributed by atoms with Crippen molar-refractivity contribution in [3.8, 4) is 0 Å². The van der Waals surface area contributed by atoms with E-state index >= 15 is 0 Å². The van der Waals surface area contributed by atoms with Crippen LogP contribution in [0.3, 0.4) is 0 Å². The van der Waals surface area contributed by atoms with E-state index in [9.17, 15) is 0 Å². The van der Waals surface area contributed by atoms with Crippen molar-refractivity contribution in [2.75, 3.05) is 35.7 Å². The first-order valence-corrected chi connectivity index (χ1v) is 7.56. The molecule has 0 amide bonds. The number of pyridine rings is 1. The Hall–Kier alpha value is -2.27. The topological polar surface area (TPSA) is 49.4 Å². The molecule has 4 rings (SSSR count). The lowest BCUT2D eigenvalue weighted by Gasteiger charge is -2.48. The van der Waals surface area contributed by atoms with Crippen LogP contribution in [0.2, 0.25) is 0 Å². The van der Waals surface area contributed by atoms with E-state index in [4.69, 9.17) is 4.74 Å². The summed E-state index contributed by atoms with van der Waals surface area (Å²) in [6.07, 6.45) is 1.82. The maximum atomic E-state index is 5.52. The van der Waals surface area contributed by atoms with Crippen LogP contribution in [0.5, 0.6) is 0 Å². The number of hydrogen-bond acceptors (Lipinski definition) is 5. The number of anilines is 4. The Morgan fingerprint density at radius 3 is 2.91 bits per heavy atom. The van der Waals surface area contributed by atoms with Crippen molar-refractivity contribution in [3.05, 3.63) is 42.1 Å². The molecule has 1 aromatic carbocycles. The van der Waals surface area contributed by atoms with Crippen LogP contribution in [0.25, 0.3) is 0 Å². The monoisotopic (exact) mass is 296 g/mol. The largest absolute Gasteiger partial charge is 0.379 e. The first kappa shape index (κ1) is 13.4. The molecule has 5 nitrogen and oxygen atoms in total. The summed E-state index contributed by atoms with van der Waals surface area (Å²) >= 11 is 0. The van der Waals surface area contributed by atoms with Gasteiger partial charge in [0.1, 0.15) is 5.82 Å². The fourth-order valence-corrected chi connectivity index (χ4v) is 3.07. The molecule has 22 heavy (non-hydrogen) atoms. The minimum absolute atomic E-state index is 0.0153. The third-order valence-corrected chi connectivity index (χ3v) is 4.53. The lowest BCUT2D eigenvalue weighted by molar-refractivity contribution is -0.0167. The second-order valence-corrected chi connectivity index (χ2v) is 6.23. The molecule has 0 radical (unpaired) electrons. The van der Waals surface area contributed by atoms with Gasteiger partial charge >= 0.3 is 0 Å². The van der Waals surface area contributed by atoms with Crippen LogP contribution in [0.1, 0.15) is 12.5 Å². The van der Waals surface area contributed by atoms with Crippen LogP contribution >= 0.6 is 0 Å². The lowest BCUT2D eigenvalue weighted by atomic mass is 9.95. The van der Waals surface area contributed by atoms with Gasteiger partial charge in [0.15, 0.2) is 0 Å². The van der Waals surface area contributed by atoms with Crippen molar-refractivity contribution < 1.29 is 4.74 Å². The normalized spacial score (nSPS) is 18.2. The highest BCUT2D eigenvalue weighted by atomic mass is 16.5. The third kappa shape index (κ3) is 2.18. The van der Waals surface area contributed by atoms with Gasteiger partial charge < -0.3 is 20.3 Å². The van der Waals surface area contributed by atoms with Gasteiger partial charge in [-0.2, -0.15) is 0 Å². The number of benzene rings is 1. The number of fused-ring (bicyclic) bond motifs is 2. The Labute approximate surface area is 130 Å². The fourth-order valence-electron chi connectivity index (χ4n) is 3.07.